The van der Waals surface area contributed by atoms with Crippen molar-refractivity contribution in [3.63, 3.8) is 0 Å². The third-order valence-corrected chi connectivity index (χ3v) is 4.03. The van der Waals surface area contributed by atoms with E-state index < -0.39 is 18.0 Å². The maximum Gasteiger partial charge on any atom is 0.338 e. The van der Waals surface area contributed by atoms with Crippen LogP contribution in [0.15, 0.2) is 51.0 Å². The number of fused-ring (bicyclic) bond motifs is 1. The van der Waals surface area contributed by atoms with Gasteiger partial charge in [0.05, 0.1) is 29.2 Å². The smallest absolute Gasteiger partial charge is 0.338 e. The number of ether oxygens (including phenoxy) is 2. The van der Waals surface area contributed by atoms with Crippen molar-refractivity contribution in [3.05, 3.63) is 57.6 Å². The lowest BCUT2D eigenvalue weighted by molar-refractivity contribution is -0.140. The van der Waals surface area contributed by atoms with E-state index in [9.17, 15) is 14.4 Å². The van der Waals surface area contributed by atoms with Gasteiger partial charge in [-0.05, 0) is 19.1 Å². The zero-order chi connectivity index (χ0) is 18.7. The molecule has 0 fully saturated rings. The second kappa shape index (κ2) is 7.40. The number of urea groups is 1. The number of allylic oxidation sites excluding steroid dienone is 1. The fraction of sp³-hybridized carbons (Fsp3) is 0.278. The molecule has 26 heavy (non-hydrogen) atoms. The summed E-state index contributed by atoms with van der Waals surface area (Å²) in [6.45, 7) is 1.86. The molecule has 1 aromatic carbocycles. The molecule has 0 saturated heterocycles. The minimum Gasteiger partial charge on any atom is -0.464 e. The van der Waals surface area contributed by atoms with Crippen LogP contribution in [0.5, 0.6) is 0 Å². The van der Waals surface area contributed by atoms with Gasteiger partial charge in [0.15, 0.2) is 5.43 Å². The van der Waals surface area contributed by atoms with Crippen LogP contribution in [0.25, 0.3) is 11.0 Å². The minimum atomic E-state index is -0.973. The predicted octanol–water partition coefficient (Wildman–Crippen LogP) is 1.61. The van der Waals surface area contributed by atoms with Crippen molar-refractivity contribution < 1.29 is 23.5 Å². The Bertz CT molecular complexity index is 946. The molecule has 0 spiro atoms. The predicted molar refractivity (Wildman–Crippen MR) is 92.4 cm³/mol. The van der Waals surface area contributed by atoms with Crippen molar-refractivity contribution >= 4 is 23.0 Å². The van der Waals surface area contributed by atoms with Gasteiger partial charge in [-0.1, -0.05) is 12.1 Å². The van der Waals surface area contributed by atoms with E-state index >= 15 is 0 Å². The highest BCUT2D eigenvalue weighted by Crippen LogP contribution is 2.27. The first kappa shape index (κ1) is 17.7. The molecule has 1 atom stereocenters. The van der Waals surface area contributed by atoms with Crippen LogP contribution in [0.4, 0.5) is 4.79 Å². The fourth-order valence-corrected chi connectivity index (χ4v) is 2.79. The highest BCUT2D eigenvalue weighted by Gasteiger charge is 2.34. The molecule has 1 aromatic heterocycles. The first-order valence-corrected chi connectivity index (χ1v) is 7.97. The number of esters is 1. The molecule has 0 saturated carbocycles. The van der Waals surface area contributed by atoms with Gasteiger partial charge in [-0.25, -0.2) is 9.59 Å². The molecule has 8 heteroatoms. The number of para-hydroxylation sites is 1. The van der Waals surface area contributed by atoms with Crippen LogP contribution in [0.2, 0.25) is 0 Å². The Morgan fingerprint density at radius 1 is 1.23 bits per heavy atom. The number of nitrogens with one attached hydrogen (secondary N) is 2. The fourth-order valence-electron chi connectivity index (χ4n) is 2.79. The highest BCUT2D eigenvalue weighted by atomic mass is 16.6. The second-order valence-corrected chi connectivity index (χ2v) is 5.72. The third kappa shape index (κ3) is 3.31. The van der Waals surface area contributed by atoms with Crippen molar-refractivity contribution in [2.75, 3.05) is 20.3 Å². The Morgan fingerprint density at radius 3 is 2.77 bits per heavy atom. The van der Waals surface area contributed by atoms with Crippen molar-refractivity contribution in [2.45, 2.75) is 13.0 Å². The van der Waals surface area contributed by atoms with E-state index in [1.807, 2.05) is 0 Å². The normalized spacial score (nSPS) is 17.0. The summed E-state index contributed by atoms with van der Waals surface area (Å²) < 4.78 is 15.5. The van der Waals surface area contributed by atoms with Crippen LogP contribution in [0.1, 0.15) is 18.5 Å². The molecule has 0 aliphatic carbocycles. The lowest BCUT2D eigenvalue weighted by atomic mass is 9.96. The Hall–Kier alpha value is -3.13. The summed E-state index contributed by atoms with van der Waals surface area (Å²) in [5.41, 5.74) is 0.703. The van der Waals surface area contributed by atoms with Gasteiger partial charge in [0.2, 0.25) is 0 Å². The van der Waals surface area contributed by atoms with Crippen LogP contribution >= 0.6 is 0 Å². The molecule has 1 aliphatic heterocycles. The minimum absolute atomic E-state index is 0.0547. The maximum absolute atomic E-state index is 12.8. The zero-order valence-corrected chi connectivity index (χ0v) is 14.3. The molecule has 0 radical (unpaired) electrons. The summed E-state index contributed by atoms with van der Waals surface area (Å²) in [7, 11) is 1.49. The topological polar surface area (TPSA) is 107 Å². The number of carbonyl (C=O) groups is 2. The van der Waals surface area contributed by atoms with Gasteiger partial charge < -0.3 is 24.5 Å². The standard InChI is InChI=1S/C18H18N2O6/c1-10-14(17(22)25-8-7-24-2)15(20-18(23)19-10)12-9-26-13-6-4-3-5-11(13)16(12)21/h3-6,9,15H,7-8H2,1-2H3,(H2,19,20,23). The molecule has 2 heterocycles. The molecule has 2 amide bonds. The molecule has 1 unspecified atom stereocenters. The van der Waals surface area contributed by atoms with E-state index in [0.717, 1.165) is 0 Å². The molecule has 2 aromatic rings. The molecule has 3 rings (SSSR count). The molecule has 1 aliphatic rings. The van der Waals surface area contributed by atoms with Crippen LogP contribution in [0, 0.1) is 0 Å². The van der Waals surface area contributed by atoms with Crippen molar-refractivity contribution in [3.8, 4) is 0 Å². The van der Waals surface area contributed by atoms with E-state index in [4.69, 9.17) is 13.9 Å². The average molecular weight is 358 g/mol. The first-order chi connectivity index (χ1) is 12.5. The highest BCUT2D eigenvalue weighted by molar-refractivity contribution is 5.95. The van der Waals surface area contributed by atoms with Gasteiger partial charge in [-0.3, -0.25) is 4.79 Å². The summed E-state index contributed by atoms with van der Waals surface area (Å²) in [6.07, 6.45) is 1.26. The van der Waals surface area contributed by atoms with Crippen LogP contribution < -0.4 is 16.1 Å². The lowest BCUT2D eigenvalue weighted by Crippen LogP contribution is -2.46. The van der Waals surface area contributed by atoms with Gasteiger partial charge in [0.25, 0.3) is 0 Å². The third-order valence-electron chi connectivity index (χ3n) is 4.03. The molecule has 2 N–H and O–H groups in total. The maximum atomic E-state index is 12.8. The van der Waals surface area contributed by atoms with Gasteiger partial charge in [0.1, 0.15) is 18.5 Å². The van der Waals surface area contributed by atoms with Crippen molar-refractivity contribution in [1.82, 2.24) is 10.6 Å². The number of methoxy groups -OCH3 is 1. The summed E-state index contributed by atoms with van der Waals surface area (Å²) in [5, 5.41) is 5.48. The summed E-state index contributed by atoms with van der Waals surface area (Å²) in [4.78, 5) is 37.2. The van der Waals surface area contributed by atoms with Gasteiger partial charge in [0, 0.05) is 12.8 Å². The average Bonchev–Trinajstić information content (AvgIpc) is 2.61. The van der Waals surface area contributed by atoms with Gasteiger partial charge in [-0.15, -0.1) is 0 Å². The summed E-state index contributed by atoms with van der Waals surface area (Å²) in [5.74, 6) is -0.649. The number of benzene rings is 1. The Balaban J connectivity index is 2.05. The lowest BCUT2D eigenvalue weighted by Gasteiger charge is -2.27. The van der Waals surface area contributed by atoms with Crippen LogP contribution in [-0.2, 0) is 14.3 Å². The van der Waals surface area contributed by atoms with Gasteiger partial charge in [-0.2, -0.15) is 0 Å². The molecular weight excluding hydrogens is 340 g/mol. The van der Waals surface area contributed by atoms with Crippen molar-refractivity contribution in [1.29, 1.82) is 0 Å². The summed E-state index contributed by atoms with van der Waals surface area (Å²) in [6, 6.07) is 5.27. The quantitative estimate of drug-likeness (QED) is 0.621. The van der Waals surface area contributed by atoms with E-state index in [1.54, 1.807) is 31.2 Å². The molecule has 8 nitrogen and oxygen atoms in total. The number of amides is 2. The Kier molecular flexibility index (Phi) is 5.04. The van der Waals surface area contributed by atoms with E-state index in [1.165, 1.54) is 13.4 Å². The van der Waals surface area contributed by atoms with E-state index in [2.05, 4.69) is 10.6 Å². The van der Waals surface area contributed by atoms with Crippen LogP contribution in [-0.4, -0.2) is 32.3 Å². The van der Waals surface area contributed by atoms with Crippen molar-refractivity contribution in [2.24, 2.45) is 0 Å². The molecule has 136 valence electrons. The Morgan fingerprint density at radius 2 is 2.00 bits per heavy atom. The first-order valence-electron chi connectivity index (χ1n) is 7.97. The SMILES string of the molecule is COCCOC(=O)C1=C(C)NC(=O)NC1c1coc2ccccc2c1=O. The molecule has 0 bridgehead atoms. The van der Waals surface area contributed by atoms with Crippen LogP contribution in [0.3, 0.4) is 0 Å². The van der Waals surface area contributed by atoms with Gasteiger partial charge >= 0.3 is 12.0 Å². The summed E-state index contributed by atoms with van der Waals surface area (Å²) >= 11 is 0. The van der Waals surface area contributed by atoms with E-state index in [-0.39, 0.29) is 29.8 Å². The molecular formula is C18H18N2O6. The second-order valence-electron chi connectivity index (χ2n) is 5.72. The monoisotopic (exact) mass is 358 g/mol. The zero-order valence-electron chi connectivity index (χ0n) is 14.3. The number of hydrogen-bond acceptors (Lipinski definition) is 6. The number of rotatable bonds is 5. The Labute approximate surface area is 148 Å². The number of hydrogen-bond donors (Lipinski definition) is 2. The number of carbonyl (C=O) groups excluding carboxylic acids is 2. The van der Waals surface area contributed by atoms with E-state index in [0.29, 0.717) is 16.7 Å². The largest absolute Gasteiger partial charge is 0.464 e.